The summed E-state index contributed by atoms with van der Waals surface area (Å²) in [6, 6.07) is 6.44. The van der Waals surface area contributed by atoms with Crippen LogP contribution in [-0.4, -0.2) is 13.2 Å². The Labute approximate surface area is 85.3 Å². The van der Waals surface area contributed by atoms with Crippen LogP contribution >= 0.6 is 0 Å². The maximum absolute atomic E-state index is 5.71. The van der Waals surface area contributed by atoms with E-state index in [-0.39, 0.29) is 0 Å². The van der Waals surface area contributed by atoms with Gasteiger partial charge in [-0.15, -0.1) is 0 Å². The minimum Gasteiger partial charge on any atom is -0.493 e. The average molecular weight is 191 g/mol. The summed E-state index contributed by atoms with van der Waals surface area (Å²) >= 11 is 0. The van der Waals surface area contributed by atoms with Crippen LogP contribution in [0.1, 0.15) is 24.5 Å². The van der Waals surface area contributed by atoms with Gasteiger partial charge in [0.15, 0.2) is 0 Å². The molecular weight excluding hydrogens is 174 g/mol. The van der Waals surface area contributed by atoms with Crippen molar-refractivity contribution in [3.05, 3.63) is 29.3 Å². The molecule has 14 heavy (non-hydrogen) atoms. The summed E-state index contributed by atoms with van der Waals surface area (Å²) in [5.74, 6) is 1.12. The van der Waals surface area contributed by atoms with Crippen LogP contribution in [0.5, 0.6) is 5.75 Å². The van der Waals surface area contributed by atoms with Crippen molar-refractivity contribution in [2.45, 2.75) is 26.3 Å². The van der Waals surface area contributed by atoms with Crippen molar-refractivity contribution in [2.75, 3.05) is 13.2 Å². The van der Waals surface area contributed by atoms with Crippen LogP contribution in [0, 0.1) is 0 Å². The number of hydrogen-bond acceptors (Lipinski definition) is 2. The van der Waals surface area contributed by atoms with E-state index in [0.29, 0.717) is 0 Å². The monoisotopic (exact) mass is 191 g/mol. The lowest BCUT2D eigenvalue weighted by Crippen LogP contribution is -2.16. The topological polar surface area (TPSA) is 21.3 Å². The quantitative estimate of drug-likeness (QED) is 0.790. The minimum atomic E-state index is 0.871. The fourth-order valence-electron chi connectivity index (χ4n) is 1.86. The molecule has 0 bridgehead atoms. The first-order valence-electron chi connectivity index (χ1n) is 5.36. The molecule has 0 fully saturated rings. The second-order valence-corrected chi connectivity index (χ2v) is 3.64. The zero-order valence-electron chi connectivity index (χ0n) is 8.68. The molecule has 1 heterocycles. The van der Waals surface area contributed by atoms with Gasteiger partial charge in [-0.05, 0) is 24.9 Å². The molecule has 1 N–H and O–H groups in total. The number of aryl methyl sites for hydroxylation is 1. The lowest BCUT2D eigenvalue weighted by molar-refractivity contribution is 0.284. The summed E-state index contributed by atoms with van der Waals surface area (Å²) in [5.41, 5.74) is 2.66. The van der Waals surface area contributed by atoms with E-state index >= 15 is 0 Å². The average Bonchev–Trinajstić information content (AvgIpc) is 2.26. The summed E-state index contributed by atoms with van der Waals surface area (Å²) in [7, 11) is 0. The zero-order valence-corrected chi connectivity index (χ0v) is 8.68. The molecule has 0 aromatic heterocycles. The van der Waals surface area contributed by atoms with Crippen LogP contribution in [-0.2, 0) is 13.0 Å². The molecule has 1 aromatic carbocycles. The Bertz CT molecular complexity index is 309. The van der Waals surface area contributed by atoms with E-state index in [4.69, 9.17) is 4.74 Å². The number of ether oxygens (including phenoxy) is 1. The predicted octanol–water partition coefficient (Wildman–Crippen LogP) is 2.12. The van der Waals surface area contributed by atoms with E-state index in [1.165, 1.54) is 11.1 Å². The van der Waals surface area contributed by atoms with Gasteiger partial charge in [0, 0.05) is 12.1 Å². The van der Waals surface area contributed by atoms with Gasteiger partial charge >= 0.3 is 0 Å². The molecule has 0 saturated heterocycles. The molecule has 0 amide bonds. The first-order valence-corrected chi connectivity index (χ1v) is 5.36. The highest BCUT2D eigenvalue weighted by atomic mass is 16.5. The largest absolute Gasteiger partial charge is 0.493 e. The fourth-order valence-corrected chi connectivity index (χ4v) is 1.86. The van der Waals surface area contributed by atoms with E-state index in [1.807, 2.05) is 0 Å². The van der Waals surface area contributed by atoms with Gasteiger partial charge < -0.3 is 10.1 Å². The molecule has 0 unspecified atom stereocenters. The van der Waals surface area contributed by atoms with Crippen LogP contribution in [0.4, 0.5) is 0 Å². The maximum atomic E-state index is 5.71. The van der Waals surface area contributed by atoms with Crippen molar-refractivity contribution in [1.29, 1.82) is 0 Å². The van der Waals surface area contributed by atoms with Gasteiger partial charge in [0.2, 0.25) is 0 Å². The van der Waals surface area contributed by atoms with Gasteiger partial charge in [0.25, 0.3) is 0 Å². The highest BCUT2D eigenvalue weighted by Crippen LogP contribution is 2.28. The van der Waals surface area contributed by atoms with E-state index in [1.54, 1.807) is 0 Å². The van der Waals surface area contributed by atoms with E-state index in [2.05, 4.69) is 30.4 Å². The van der Waals surface area contributed by atoms with Gasteiger partial charge in [0.05, 0.1) is 6.61 Å². The van der Waals surface area contributed by atoms with E-state index in [9.17, 15) is 0 Å². The third kappa shape index (κ3) is 1.90. The Morgan fingerprint density at radius 2 is 2.36 bits per heavy atom. The van der Waals surface area contributed by atoms with Crippen molar-refractivity contribution in [3.63, 3.8) is 0 Å². The number of benzene rings is 1. The summed E-state index contributed by atoms with van der Waals surface area (Å²) in [5, 5.41) is 3.33. The summed E-state index contributed by atoms with van der Waals surface area (Å²) in [4.78, 5) is 0. The Morgan fingerprint density at radius 1 is 1.43 bits per heavy atom. The molecule has 2 heteroatoms. The smallest absolute Gasteiger partial charge is 0.126 e. The fraction of sp³-hybridized carbons (Fsp3) is 0.500. The predicted molar refractivity (Wildman–Crippen MR) is 57.6 cm³/mol. The van der Waals surface area contributed by atoms with Gasteiger partial charge in [0.1, 0.15) is 5.75 Å². The van der Waals surface area contributed by atoms with E-state index < -0.39 is 0 Å². The van der Waals surface area contributed by atoms with Crippen molar-refractivity contribution >= 4 is 0 Å². The molecule has 1 aliphatic rings. The van der Waals surface area contributed by atoms with Gasteiger partial charge in [-0.25, -0.2) is 0 Å². The molecule has 0 aliphatic carbocycles. The molecule has 2 rings (SSSR count). The Kier molecular flexibility index (Phi) is 3.04. The highest BCUT2D eigenvalue weighted by molar-refractivity contribution is 5.42. The lowest BCUT2D eigenvalue weighted by Gasteiger charge is -2.20. The van der Waals surface area contributed by atoms with Crippen molar-refractivity contribution in [2.24, 2.45) is 0 Å². The van der Waals surface area contributed by atoms with Gasteiger partial charge in [-0.3, -0.25) is 0 Å². The van der Waals surface area contributed by atoms with Crippen molar-refractivity contribution < 1.29 is 4.74 Å². The molecule has 76 valence electrons. The number of fused-ring (bicyclic) bond motifs is 1. The Hall–Kier alpha value is -1.02. The first kappa shape index (κ1) is 9.53. The second kappa shape index (κ2) is 4.47. The Balaban J connectivity index is 2.21. The van der Waals surface area contributed by atoms with Gasteiger partial charge in [-0.2, -0.15) is 0 Å². The van der Waals surface area contributed by atoms with Crippen molar-refractivity contribution in [3.8, 4) is 5.75 Å². The maximum Gasteiger partial charge on any atom is 0.126 e. The molecule has 2 nitrogen and oxygen atoms in total. The van der Waals surface area contributed by atoms with Crippen LogP contribution in [0.2, 0.25) is 0 Å². The SMILES string of the molecule is CCNCc1cccc2c1OCCC2. The molecule has 0 atom stereocenters. The lowest BCUT2D eigenvalue weighted by atomic mass is 10.0. The first-order chi connectivity index (χ1) is 6.92. The second-order valence-electron chi connectivity index (χ2n) is 3.64. The van der Waals surface area contributed by atoms with Crippen LogP contribution < -0.4 is 10.1 Å². The standard InChI is InChI=1S/C12H17NO/c1-2-13-9-11-6-3-5-10-7-4-8-14-12(10)11/h3,5-6,13H,2,4,7-9H2,1H3. The van der Waals surface area contributed by atoms with Gasteiger partial charge in [-0.1, -0.05) is 25.1 Å². The van der Waals surface area contributed by atoms with Crippen LogP contribution in [0.15, 0.2) is 18.2 Å². The molecular formula is C12H17NO. The number of hydrogen-bond donors (Lipinski definition) is 1. The third-order valence-corrected chi connectivity index (χ3v) is 2.58. The molecule has 1 aromatic rings. The normalized spacial score (nSPS) is 14.6. The zero-order chi connectivity index (χ0) is 9.80. The molecule has 0 radical (unpaired) electrons. The molecule has 0 saturated carbocycles. The van der Waals surface area contributed by atoms with E-state index in [0.717, 1.165) is 38.3 Å². The number of nitrogens with one attached hydrogen (secondary N) is 1. The minimum absolute atomic E-state index is 0.871. The Morgan fingerprint density at radius 3 is 3.21 bits per heavy atom. The van der Waals surface area contributed by atoms with Crippen LogP contribution in [0.25, 0.3) is 0 Å². The summed E-state index contributed by atoms with van der Waals surface area (Å²) in [6.45, 7) is 4.91. The highest BCUT2D eigenvalue weighted by Gasteiger charge is 2.13. The summed E-state index contributed by atoms with van der Waals surface area (Å²) in [6.07, 6.45) is 2.31. The molecule has 0 spiro atoms. The van der Waals surface area contributed by atoms with Crippen molar-refractivity contribution in [1.82, 2.24) is 5.32 Å². The van der Waals surface area contributed by atoms with Crippen LogP contribution in [0.3, 0.4) is 0 Å². The third-order valence-electron chi connectivity index (χ3n) is 2.58. The summed E-state index contributed by atoms with van der Waals surface area (Å²) < 4.78 is 5.71. The molecule has 1 aliphatic heterocycles. The number of para-hydroxylation sites is 1. The number of rotatable bonds is 3.